The number of hydrogen-bond acceptors (Lipinski definition) is 6. The Kier molecular flexibility index (Phi) is 3.98. The van der Waals surface area contributed by atoms with Gasteiger partial charge < -0.3 is 10.3 Å². The number of hydrogen-bond donors (Lipinski definition) is 2. The molecule has 0 unspecified atom stereocenters. The second-order valence-electron chi connectivity index (χ2n) is 5.65. The van der Waals surface area contributed by atoms with Gasteiger partial charge in [0, 0.05) is 37.3 Å². The number of benzene rings is 1. The van der Waals surface area contributed by atoms with E-state index < -0.39 is 4.92 Å². The first-order valence-corrected chi connectivity index (χ1v) is 7.93. The lowest BCUT2D eigenvalue weighted by Crippen LogP contribution is -2.03. The van der Waals surface area contributed by atoms with Gasteiger partial charge in [-0.25, -0.2) is 9.97 Å². The molecule has 0 fully saturated rings. The Morgan fingerprint density at radius 1 is 1.12 bits per heavy atom. The fourth-order valence-electron chi connectivity index (χ4n) is 2.66. The zero-order chi connectivity index (χ0) is 17.9. The lowest BCUT2D eigenvalue weighted by molar-refractivity contribution is -0.384. The number of anilines is 1. The molecule has 8 nitrogen and oxygen atoms in total. The Labute approximate surface area is 148 Å². The predicted molar refractivity (Wildman–Crippen MR) is 97.5 cm³/mol. The highest BCUT2D eigenvalue weighted by Crippen LogP contribution is 2.27. The van der Waals surface area contributed by atoms with Crippen LogP contribution >= 0.6 is 0 Å². The number of fused-ring (bicyclic) bond motifs is 1. The van der Waals surface area contributed by atoms with Crippen LogP contribution in [0.5, 0.6) is 0 Å². The maximum Gasteiger partial charge on any atom is 0.271 e. The molecule has 3 heterocycles. The molecule has 0 aliphatic heterocycles. The first-order valence-electron chi connectivity index (χ1n) is 7.93. The Morgan fingerprint density at radius 2 is 1.96 bits per heavy atom. The first-order chi connectivity index (χ1) is 12.7. The van der Waals surface area contributed by atoms with Gasteiger partial charge in [0.2, 0.25) is 0 Å². The average Bonchev–Trinajstić information content (AvgIpc) is 3.10. The lowest BCUT2D eigenvalue weighted by atomic mass is 10.2. The Bertz CT molecular complexity index is 1080. The van der Waals surface area contributed by atoms with Gasteiger partial charge >= 0.3 is 0 Å². The van der Waals surface area contributed by atoms with Crippen LogP contribution < -0.4 is 5.32 Å². The zero-order valence-corrected chi connectivity index (χ0v) is 13.6. The van der Waals surface area contributed by atoms with E-state index in [0.717, 1.165) is 11.1 Å². The van der Waals surface area contributed by atoms with Crippen molar-refractivity contribution in [2.75, 3.05) is 5.32 Å². The Balaban J connectivity index is 1.67. The molecule has 0 bridgehead atoms. The standard InChI is InChI=1S/C18H14N6O2/c25-24(26)13-3-4-15-16(10-13)23-18(22-15)14-2-1-7-20-17(14)21-11-12-5-8-19-9-6-12/h1-10H,11H2,(H,20,21)(H,22,23). The number of non-ortho nitro benzene ring substituents is 1. The molecule has 0 radical (unpaired) electrons. The monoisotopic (exact) mass is 346 g/mol. The minimum atomic E-state index is -0.425. The third-order valence-corrected chi connectivity index (χ3v) is 3.95. The normalized spacial score (nSPS) is 10.8. The van der Waals surface area contributed by atoms with Crippen molar-refractivity contribution in [3.63, 3.8) is 0 Å². The van der Waals surface area contributed by atoms with Crippen LogP contribution in [0.3, 0.4) is 0 Å². The molecule has 4 aromatic rings. The maximum absolute atomic E-state index is 10.9. The van der Waals surface area contributed by atoms with Gasteiger partial charge in [-0.05, 0) is 35.9 Å². The fraction of sp³-hybridized carbons (Fsp3) is 0.0556. The molecular weight excluding hydrogens is 332 g/mol. The topological polar surface area (TPSA) is 110 Å². The number of imidazole rings is 1. The van der Waals surface area contributed by atoms with Crippen molar-refractivity contribution in [3.8, 4) is 11.4 Å². The van der Waals surface area contributed by atoms with Crippen molar-refractivity contribution in [2.45, 2.75) is 6.54 Å². The van der Waals surface area contributed by atoms with E-state index in [1.165, 1.54) is 12.1 Å². The number of pyridine rings is 2. The van der Waals surface area contributed by atoms with Crippen LogP contribution in [0.1, 0.15) is 5.56 Å². The Morgan fingerprint density at radius 3 is 2.77 bits per heavy atom. The van der Waals surface area contributed by atoms with Gasteiger partial charge in [0.1, 0.15) is 11.6 Å². The highest BCUT2D eigenvalue weighted by Gasteiger charge is 2.13. The number of nitrogens with zero attached hydrogens (tertiary/aromatic N) is 4. The summed E-state index contributed by atoms with van der Waals surface area (Å²) in [5.41, 5.74) is 3.17. The summed E-state index contributed by atoms with van der Waals surface area (Å²) in [6.07, 6.45) is 5.18. The highest BCUT2D eigenvalue weighted by molar-refractivity contribution is 5.83. The molecule has 4 rings (SSSR count). The minimum Gasteiger partial charge on any atom is -0.365 e. The first kappa shape index (κ1) is 15.7. The van der Waals surface area contributed by atoms with E-state index in [1.807, 2.05) is 24.3 Å². The summed E-state index contributed by atoms with van der Waals surface area (Å²) in [5.74, 6) is 1.28. The molecule has 0 spiro atoms. The van der Waals surface area contributed by atoms with Crippen LogP contribution in [0.2, 0.25) is 0 Å². The van der Waals surface area contributed by atoms with E-state index >= 15 is 0 Å². The Hall–Kier alpha value is -3.81. The SMILES string of the molecule is O=[N+]([O-])c1ccc2nc(-c3cccnc3NCc3ccncc3)[nH]c2c1. The second-order valence-corrected chi connectivity index (χ2v) is 5.65. The third-order valence-electron chi connectivity index (χ3n) is 3.95. The fourth-order valence-corrected chi connectivity index (χ4v) is 2.66. The van der Waals surface area contributed by atoms with Crippen LogP contribution in [0, 0.1) is 10.1 Å². The van der Waals surface area contributed by atoms with Crippen LogP contribution in [-0.4, -0.2) is 24.9 Å². The van der Waals surface area contributed by atoms with Crippen molar-refractivity contribution < 1.29 is 4.92 Å². The van der Waals surface area contributed by atoms with Gasteiger partial charge in [0.25, 0.3) is 5.69 Å². The highest BCUT2D eigenvalue weighted by atomic mass is 16.6. The van der Waals surface area contributed by atoms with E-state index in [0.29, 0.717) is 29.2 Å². The molecule has 3 aromatic heterocycles. The molecule has 0 aliphatic carbocycles. The number of nitro groups is 1. The van der Waals surface area contributed by atoms with Crippen molar-refractivity contribution in [3.05, 3.63) is 76.7 Å². The van der Waals surface area contributed by atoms with Gasteiger partial charge in [0.15, 0.2) is 0 Å². The van der Waals surface area contributed by atoms with Gasteiger partial charge in [-0.2, -0.15) is 0 Å². The van der Waals surface area contributed by atoms with Gasteiger partial charge in [0.05, 0.1) is 21.5 Å². The van der Waals surface area contributed by atoms with E-state index in [2.05, 4.69) is 25.3 Å². The smallest absolute Gasteiger partial charge is 0.271 e. The third kappa shape index (κ3) is 3.07. The number of H-pyrrole nitrogens is 1. The molecule has 0 atom stereocenters. The van der Waals surface area contributed by atoms with Crippen LogP contribution in [0.4, 0.5) is 11.5 Å². The summed E-state index contributed by atoms with van der Waals surface area (Å²) in [5, 5.41) is 14.2. The summed E-state index contributed by atoms with van der Waals surface area (Å²) in [4.78, 5) is 26.6. The molecule has 0 aliphatic rings. The zero-order valence-electron chi connectivity index (χ0n) is 13.6. The molecule has 26 heavy (non-hydrogen) atoms. The van der Waals surface area contributed by atoms with Gasteiger partial charge in [-0.3, -0.25) is 15.1 Å². The molecule has 0 amide bonds. The molecule has 0 saturated heterocycles. The maximum atomic E-state index is 10.9. The second kappa shape index (κ2) is 6.60. The summed E-state index contributed by atoms with van der Waals surface area (Å²) < 4.78 is 0. The summed E-state index contributed by atoms with van der Waals surface area (Å²) >= 11 is 0. The molecule has 128 valence electrons. The lowest BCUT2D eigenvalue weighted by Gasteiger charge is -2.09. The quantitative estimate of drug-likeness (QED) is 0.422. The van der Waals surface area contributed by atoms with Crippen molar-refractivity contribution in [2.24, 2.45) is 0 Å². The van der Waals surface area contributed by atoms with E-state index in [1.54, 1.807) is 24.7 Å². The predicted octanol–water partition coefficient (Wildman–Crippen LogP) is 3.54. The molecule has 1 aromatic carbocycles. The largest absolute Gasteiger partial charge is 0.365 e. The van der Waals surface area contributed by atoms with Gasteiger partial charge in [-0.15, -0.1) is 0 Å². The average molecular weight is 346 g/mol. The summed E-state index contributed by atoms with van der Waals surface area (Å²) in [7, 11) is 0. The van der Waals surface area contributed by atoms with Crippen LogP contribution in [0.25, 0.3) is 22.4 Å². The van der Waals surface area contributed by atoms with Crippen molar-refractivity contribution >= 4 is 22.5 Å². The number of nitrogens with one attached hydrogen (secondary N) is 2. The number of aromatic nitrogens is 4. The van der Waals surface area contributed by atoms with Crippen molar-refractivity contribution in [1.82, 2.24) is 19.9 Å². The summed E-state index contributed by atoms with van der Waals surface area (Å²) in [6.45, 7) is 0.595. The number of nitro benzene ring substituents is 1. The molecule has 2 N–H and O–H groups in total. The van der Waals surface area contributed by atoms with Crippen molar-refractivity contribution in [1.29, 1.82) is 0 Å². The number of aromatic amines is 1. The minimum absolute atomic E-state index is 0.0231. The molecule has 0 saturated carbocycles. The van der Waals surface area contributed by atoms with Gasteiger partial charge in [-0.1, -0.05) is 0 Å². The van der Waals surface area contributed by atoms with Crippen LogP contribution in [0.15, 0.2) is 61.1 Å². The number of rotatable bonds is 5. The molecule has 8 heteroatoms. The molecular formula is C18H14N6O2. The van der Waals surface area contributed by atoms with E-state index in [4.69, 9.17) is 0 Å². The van der Waals surface area contributed by atoms with E-state index in [-0.39, 0.29) is 5.69 Å². The van der Waals surface area contributed by atoms with E-state index in [9.17, 15) is 10.1 Å². The van der Waals surface area contributed by atoms with Crippen LogP contribution in [-0.2, 0) is 6.54 Å². The summed E-state index contributed by atoms with van der Waals surface area (Å²) in [6, 6.07) is 12.1.